The van der Waals surface area contributed by atoms with Crippen LogP contribution in [-0.2, 0) is 36.0 Å². The Morgan fingerprint density at radius 1 is 0.885 bits per heavy atom. The smallest absolute Gasteiger partial charge is 0.329 e. The van der Waals surface area contributed by atoms with Gasteiger partial charge in [-0.25, -0.2) is 13.6 Å². The first-order valence-corrected chi connectivity index (χ1v) is 20.9. The van der Waals surface area contributed by atoms with Crippen LogP contribution in [0.4, 0.5) is 13.2 Å². The molecule has 1 aliphatic carbocycles. The number of imidazole rings is 1. The Labute approximate surface area is 348 Å². The molecular weight excluding hydrogens is 788 g/mol. The fourth-order valence-electron chi connectivity index (χ4n) is 9.39. The lowest BCUT2D eigenvalue weighted by Crippen LogP contribution is -2.44. The summed E-state index contributed by atoms with van der Waals surface area (Å²) in [7, 11) is 1.72. The van der Waals surface area contributed by atoms with E-state index in [0.717, 1.165) is 97.7 Å². The fourth-order valence-corrected chi connectivity index (χ4v) is 9.39. The van der Waals surface area contributed by atoms with Crippen molar-refractivity contribution in [3.8, 4) is 16.9 Å². The van der Waals surface area contributed by atoms with Crippen molar-refractivity contribution < 1.29 is 32.7 Å². The first-order chi connectivity index (χ1) is 29.4. The number of halogens is 3. The second-order valence-electron chi connectivity index (χ2n) is 16.8. The van der Waals surface area contributed by atoms with Gasteiger partial charge in [-0.05, 0) is 122 Å². The normalized spacial score (nSPS) is 19.6. The fraction of sp³-hybridized carbons (Fsp3) is 0.370. The molecular formula is C46H46F3N7O5. The summed E-state index contributed by atoms with van der Waals surface area (Å²) in [6.07, 6.45) is 8.60. The lowest BCUT2D eigenvalue weighted by molar-refractivity contribution is -0.135. The minimum absolute atomic E-state index is 0.119. The third kappa shape index (κ3) is 7.82. The summed E-state index contributed by atoms with van der Waals surface area (Å²) in [4.78, 5) is 52.5. The number of aromatic hydroxyl groups is 1. The van der Waals surface area contributed by atoms with E-state index in [4.69, 9.17) is 5.10 Å². The molecule has 1 saturated heterocycles. The predicted octanol–water partition coefficient (Wildman–Crippen LogP) is 6.61. The number of nitrogens with zero attached hydrogens (tertiary/aromatic N) is 5. The van der Waals surface area contributed by atoms with E-state index in [-0.39, 0.29) is 36.5 Å². The van der Waals surface area contributed by atoms with Gasteiger partial charge in [0.25, 0.3) is 5.91 Å². The second-order valence-corrected chi connectivity index (χ2v) is 16.8. The van der Waals surface area contributed by atoms with Gasteiger partial charge in [-0.3, -0.25) is 38.4 Å². The summed E-state index contributed by atoms with van der Waals surface area (Å²) in [6.45, 7) is 3.02. The topological polar surface area (TPSA) is 143 Å². The molecule has 0 bridgehead atoms. The number of imide groups is 1. The number of hydrogen-bond acceptors (Lipinski definition) is 7. The van der Waals surface area contributed by atoms with Crippen molar-refractivity contribution in [2.75, 3.05) is 19.6 Å². The zero-order valence-corrected chi connectivity index (χ0v) is 33.7. The molecule has 1 atom stereocenters. The maximum atomic E-state index is 14.2. The van der Waals surface area contributed by atoms with Crippen LogP contribution in [0.5, 0.6) is 5.75 Å². The quantitative estimate of drug-likeness (QED) is 0.104. The third-order valence-corrected chi connectivity index (χ3v) is 12.9. The molecule has 4 aromatic carbocycles. The molecule has 2 aliphatic heterocycles. The maximum absolute atomic E-state index is 14.2. The Kier molecular flexibility index (Phi) is 10.8. The number of nitrogens with one attached hydrogen (secondary N) is 2. The molecule has 2 fully saturated rings. The molecule has 15 heteroatoms. The lowest BCUT2D eigenvalue weighted by atomic mass is 9.86. The Morgan fingerprint density at radius 3 is 2.48 bits per heavy atom. The van der Waals surface area contributed by atoms with E-state index >= 15 is 0 Å². The highest BCUT2D eigenvalue weighted by Gasteiger charge is 2.32. The summed E-state index contributed by atoms with van der Waals surface area (Å²) in [6, 6.07) is 19.1. The van der Waals surface area contributed by atoms with E-state index in [9.17, 15) is 37.5 Å². The zero-order chi connectivity index (χ0) is 42.5. The van der Waals surface area contributed by atoms with E-state index in [1.165, 1.54) is 15.7 Å². The average Bonchev–Trinajstić information content (AvgIpc) is 3.80. The molecule has 1 unspecified atom stereocenters. The number of fused-ring (bicyclic) bond motifs is 3. The van der Waals surface area contributed by atoms with Crippen molar-refractivity contribution in [1.29, 1.82) is 0 Å². The number of benzene rings is 4. The molecule has 316 valence electrons. The van der Waals surface area contributed by atoms with Crippen LogP contribution in [0.1, 0.15) is 84.1 Å². The first kappa shape index (κ1) is 40.2. The largest absolute Gasteiger partial charge is 0.503 e. The number of hydrogen-bond donors (Lipinski definition) is 3. The molecule has 3 amide bonds. The summed E-state index contributed by atoms with van der Waals surface area (Å²) in [5.41, 5.74) is 7.37. The maximum Gasteiger partial charge on any atom is 0.329 e. The lowest BCUT2D eigenvalue weighted by Gasteiger charge is -2.29. The van der Waals surface area contributed by atoms with Crippen LogP contribution in [0.2, 0.25) is 0 Å². The van der Waals surface area contributed by atoms with Crippen LogP contribution in [0.3, 0.4) is 0 Å². The van der Waals surface area contributed by atoms with Gasteiger partial charge in [-0.15, -0.1) is 0 Å². The number of aryl methyl sites for hydroxylation is 2. The molecule has 3 aliphatic rings. The summed E-state index contributed by atoms with van der Waals surface area (Å²) in [5.74, 6) is -7.76. The molecule has 4 heterocycles. The van der Waals surface area contributed by atoms with Crippen LogP contribution in [0.15, 0.2) is 71.7 Å². The molecule has 12 nitrogen and oxygen atoms in total. The number of piperidine rings is 1. The van der Waals surface area contributed by atoms with Crippen LogP contribution >= 0.6 is 0 Å². The van der Waals surface area contributed by atoms with E-state index in [0.29, 0.717) is 18.0 Å². The van der Waals surface area contributed by atoms with Gasteiger partial charge in [0.05, 0.1) is 28.2 Å². The van der Waals surface area contributed by atoms with E-state index < -0.39 is 46.6 Å². The molecule has 1 saturated carbocycles. The Hall–Kier alpha value is -6.22. The number of carbonyl (C=O) groups is 3. The van der Waals surface area contributed by atoms with E-state index in [1.54, 1.807) is 11.6 Å². The minimum Gasteiger partial charge on any atom is -0.503 e. The Morgan fingerprint density at radius 2 is 1.67 bits per heavy atom. The number of rotatable bonds is 10. The SMILES string of the molecule is Cn1c(=O)n(C2CCC(=O)NC2=O)c2ccc(CCCN3CCc4ccc(-c5ccc6cn(C7CCC(CNC(=O)c8cc(F)c(O)c(F)c8F)CC7)nc6c5)cc4C3)cc21. The highest BCUT2D eigenvalue weighted by molar-refractivity contribution is 6.00. The van der Waals surface area contributed by atoms with Gasteiger partial charge in [0.1, 0.15) is 6.04 Å². The number of aromatic nitrogens is 4. The standard InChI is InChI=1S/C46H46F3N7O5/c1-53-39-19-26(6-13-37(39)56(46(53)61)38-14-15-40(57)51-45(38)60)3-2-17-54-18-16-28-7-8-29(20-32(28)24-54)30-9-10-31-25-55(52-36(31)21-30)33-11-4-27(5-12-33)23-50-44(59)34-22-35(47)43(58)42(49)41(34)48/h6-10,13,19-22,25,27,33,38,58H,2-5,11-12,14-18,23-24H2,1H3,(H,50,59)(H,51,57,60). The van der Waals surface area contributed by atoms with Crippen molar-refractivity contribution in [1.82, 2.24) is 34.4 Å². The Balaban J connectivity index is 0.793. The predicted molar refractivity (Wildman–Crippen MR) is 222 cm³/mol. The van der Waals surface area contributed by atoms with Gasteiger partial charge in [0.15, 0.2) is 17.4 Å². The molecule has 3 N–H and O–H groups in total. The van der Waals surface area contributed by atoms with Gasteiger partial charge < -0.3 is 10.4 Å². The molecule has 6 aromatic rings. The second kappa shape index (κ2) is 16.3. The monoisotopic (exact) mass is 833 g/mol. The van der Waals surface area contributed by atoms with Crippen molar-refractivity contribution >= 4 is 39.7 Å². The third-order valence-electron chi connectivity index (χ3n) is 12.9. The van der Waals surface area contributed by atoms with Gasteiger partial charge in [0.2, 0.25) is 17.6 Å². The van der Waals surface area contributed by atoms with Gasteiger partial charge in [-0.1, -0.05) is 30.3 Å². The van der Waals surface area contributed by atoms with Crippen molar-refractivity contribution in [3.63, 3.8) is 0 Å². The van der Waals surface area contributed by atoms with E-state index in [1.807, 2.05) is 22.9 Å². The number of phenolic OH excluding ortho intramolecular Hbond substituents is 1. The summed E-state index contributed by atoms with van der Waals surface area (Å²) >= 11 is 0. The van der Waals surface area contributed by atoms with Gasteiger partial charge in [-0.2, -0.15) is 9.49 Å². The molecule has 0 radical (unpaired) electrons. The van der Waals surface area contributed by atoms with Crippen LogP contribution in [0.25, 0.3) is 33.1 Å². The Bertz CT molecular complexity index is 2790. The molecule has 9 rings (SSSR count). The molecule has 61 heavy (non-hydrogen) atoms. The van der Waals surface area contributed by atoms with Crippen molar-refractivity contribution in [2.24, 2.45) is 13.0 Å². The molecule has 2 aromatic heterocycles. The highest BCUT2D eigenvalue weighted by Crippen LogP contribution is 2.34. The van der Waals surface area contributed by atoms with Crippen LogP contribution < -0.4 is 16.3 Å². The number of phenols is 1. The number of amides is 3. The molecule has 0 spiro atoms. The van der Waals surface area contributed by atoms with Crippen LogP contribution in [-0.4, -0.2) is 66.3 Å². The average molecular weight is 834 g/mol. The van der Waals surface area contributed by atoms with Crippen molar-refractivity contribution in [3.05, 3.63) is 117 Å². The number of carbonyl (C=O) groups excluding carboxylic acids is 3. The first-order valence-electron chi connectivity index (χ1n) is 20.9. The van der Waals surface area contributed by atoms with Crippen molar-refractivity contribution in [2.45, 2.75) is 76.4 Å². The van der Waals surface area contributed by atoms with Gasteiger partial charge >= 0.3 is 5.69 Å². The minimum atomic E-state index is -1.78. The van der Waals surface area contributed by atoms with Gasteiger partial charge in [0, 0.05) is 44.7 Å². The summed E-state index contributed by atoms with van der Waals surface area (Å²) < 4.78 is 46.8. The summed E-state index contributed by atoms with van der Waals surface area (Å²) in [5, 5.41) is 20.2. The van der Waals surface area contributed by atoms with E-state index in [2.05, 4.69) is 58.1 Å². The zero-order valence-electron chi connectivity index (χ0n) is 33.7. The highest BCUT2D eigenvalue weighted by atomic mass is 19.2. The van der Waals surface area contributed by atoms with Crippen LogP contribution in [0, 0.1) is 23.4 Å².